The molecule has 5 aliphatic carbocycles. The Kier molecular flexibility index (Phi) is 64.0. The predicted octanol–water partition coefficient (Wildman–Crippen LogP) is 10.9. The molecule has 36 nitrogen and oxygen atoms in total. The largest absolute Gasteiger partial charge is 0.512 e. The minimum atomic E-state index is -1.74. The number of carbonyl (C=O) groups is 18. The Morgan fingerprint density at radius 1 is 0.375 bits per heavy atom. The molecule has 36 heteroatoms. The van der Waals surface area contributed by atoms with Gasteiger partial charge < -0.3 is 87.1 Å². The third-order valence-electron chi connectivity index (χ3n) is 18.7. The quantitative estimate of drug-likeness (QED) is 0.0168. The molecule has 0 amide bonds. The molecular weight excluding hydrogens is 1580 g/mol. The molecule has 0 aliphatic heterocycles. The fourth-order valence-corrected chi connectivity index (χ4v) is 12.4. The highest BCUT2D eigenvalue weighted by atomic mass is 16.6. The lowest BCUT2D eigenvalue weighted by molar-refractivity contribution is -0.176. The van der Waals surface area contributed by atoms with Crippen LogP contribution in [0, 0.1) is 46.3 Å². The molecule has 5 N–H and O–H groups in total. The molecule has 4 fully saturated rings. The monoisotopic (exact) mass is 1720 g/mol. The minimum absolute atomic E-state index is 0.00573. The second-order valence-electron chi connectivity index (χ2n) is 27.2. The summed E-state index contributed by atoms with van der Waals surface area (Å²) in [7, 11) is 0. The summed E-state index contributed by atoms with van der Waals surface area (Å²) in [6.45, 7) is 28.1. The molecule has 684 valence electrons. The predicted molar refractivity (Wildman–Crippen MR) is 426 cm³/mol. The Morgan fingerprint density at radius 3 is 1.00 bits per heavy atom. The van der Waals surface area contributed by atoms with Crippen LogP contribution in [0.4, 0.5) is 0 Å². The second kappa shape index (κ2) is 67.5. The fraction of sp³-hybridized carbons (Fsp3) is 0.714. The van der Waals surface area contributed by atoms with Gasteiger partial charge in [0.2, 0.25) is 0 Å². The van der Waals surface area contributed by atoms with Crippen molar-refractivity contribution in [1.29, 1.82) is 0 Å². The lowest BCUT2D eigenvalue weighted by Gasteiger charge is -2.32. The van der Waals surface area contributed by atoms with Crippen molar-refractivity contribution < 1.29 is 173 Å². The van der Waals surface area contributed by atoms with Crippen molar-refractivity contribution in [3.63, 3.8) is 0 Å². The van der Waals surface area contributed by atoms with Crippen molar-refractivity contribution in [2.75, 3.05) is 85.9 Å². The summed E-state index contributed by atoms with van der Waals surface area (Å²) >= 11 is 0. The van der Waals surface area contributed by atoms with Gasteiger partial charge in [-0.2, -0.15) is 0 Å². The first kappa shape index (κ1) is 114. The first-order valence-corrected chi connectivity index (χ1v) is 41.2. The molecule has 0 unspecified atom stereocenters. The number of carboxylic acids is 4. The van der Waals surface area contributed by atoms with Gasteiger partial charge in [-0.3, -0.25) is 71.9 Å². The summed E-state index contributed by atoms with van der Waals surface area (Å²) in [5.41, 5.74) is -2.42. The molecule has 0 heterocycles. The highest BCUT2D eigenvalue weighted by Gasteiger charge is 2.53. The molecule has 0 bridgehead atoms. The van der Waals surface area contributed by atoms with Crippen molar-refractivity contribution >= 4 is 107 Å². The van der Waals surface area contributed by atoms with Crippen LogP contribution in [0.5, 0.6) is 0 Å². The van der Waals surface area contributed by atoms with Gasteiger partial charge in [-0.05, 0) is 211 Å². The lowest BCUT2D eigenvalue weighted by Crippen LogP contribution is -2.45. The van der Waals surface area contributed by atoms with Gasteiger partial charge in [0.05, 0.1) is 115 Å². The molecule has 0 saturated heterocycles. The van der Waals surface area contributed by atoms with E-state index in [9.17, 15) is 91.4 Å². The van der Waals surface area contributed by atoms with Gasteiger partial charge >= 0.3 is 101 Å². The molecule has 0 atom stereocenters. The molecular formula is C84H132O36. The van der Waals surface area contributed by atoms with Crippen LogP contribution >= 0.6 is 0 Å². The third kappa shape index (κ3) is 49.3. The number of carbonyl (C=O) groups excluding carboxylic acids is 14. The smallest absolute Gasteiger partial charge is 0.337 e. The third-order valence-corrected chi connectivity index (χ3v) is 18.7. The summed E-state index contributed by atoms with van der Waals surface area (Å²) in [6, 6.07) is 0. The maximum Gasteiger partial charge on any atom is 0.337 e. The molecule has 120 heavy (non-hydrogen) atoms. The molecule has 4 saturated carbocycles. The van der Waals surface area contributed by atoms with Gasteiger partial charge in [0, 0.05) is 63.5 Å². The number of aliphatic hydroxyl groups is 1. The summed E-state index contributed by atoms with van der Waals surface area (Å²) in [5, 5.41) is 44.8. The number of ketones is 1. The molecule has 0 aromatic heterocycles. The number of ether oxygens (including phenoxy) is 13. The van der Waals surface area contributed by atoms with Crippen LogP contribution in [-0.4, -0.2) is 219 Å². The second-order valence-corrected chi connectivity index (χ2v) is 27.2. The average molecular weight is 1720 g/mol. The van der Waals surface area contributed by atoms with Crippen molar-refractivity contribution in [3.8, 4) is 0 Å². The Hall–Kier alpha value is -10.3. The van der Waals surface area contributed by atoms with Crippen LogP contribution in [0.2, 0.25) is 0 Å². The molecule has 0 aromatic rings. The number of Topliss-reactive ketones (excluding diaryl/α,β-unsaturated/α-hetero) is 1. The number of aliphatic carboxylic acids is 4. The van der Waals surface area contributed by atoms with E-state index in [1.165, 1.54) is 6.08 Å². The Labute approximate surface area is 702 Å². The SMILES string of the molecule is C=CC(=O)OCC.CCOC(=O)C1=C(O)CCC(C(=O)OCC)(C(=O)OCC)C1.CCOC(=O)C=C1CCC(C(=O)O)CC1.CCOC(=O)CC(=O)OCC.CCOC(=O)CC1CCC(C(=O)O)CC1.CCOC(=O)CC1CCC(C(=O)O)CC1.CCOC(=O)CCC(CCC(=O)OCC)(C(=O)OCC)C(=O)OCC.O=C1CCC(C(=O)O)CC1. The van der Waals surface area contributed by atoms with Crippen molar-refractivity contribution in [2.24, 2.45) is 46.3 Å². The molecule has 0 aromatic carbocycles. The van der Waals surface area contributed by atoms with E-state index in [0.717, 1.165) is 37.3 Å². The highest BCUT2D eigenvalue weighted by molar-refractivity contribution is 6.03. The molecule has 5 aliphatic rings. The topological polar surface area (TPSA) is 528 Å². The average Bonchev–Trinajstić information content (AvgIpc) is 0.771. The zero-order chi connectivity index (χ0) is 91.8. The fourth-order valence-electron chi connectivity index (χ4n) is 12.4. The summed E-state index contributed by atoms with van der Waals surface area (Å²) in [5.74, 6) is -10.2. The van der Waals surface area contributed by atoms with E-state index in [4.69, 9.17) is 67.8 Å². The van der Waals surface area contributed by atoms with E-state index >= 15 is 0 Å². The van der Waals surface area contributed by atoms with Crippen LogP contribution in [0.15, 0.2) is 35.6 Å². The first-order chi connectivity index (χ1) is 56.9. The number of allylic oxidation sites excluding steroid dienone is 2. The van der Waals surface area contributed by atoms with E-state index in [1.807, 2.05) is 0 Å². The minimum Gasteiger partial charge on any atom is -0.512 e. The number of carboxylic acid groups (broad SMARTS) is 4. The molecule has 5 rings (SSSR count). The van der Waals surface area contributed by atoms with Crippen LogP contribution in [0.1, 0.15) is 257 Å². The van der Waals surface area contributed by atoms with Gasteiger partial charge in [0.25, 0.3) is 0 Å². The lowest BCUT2D eigenvalue weighted by atomic mass is 9.73. The van der Waals surface area contributed by atoms with E-state index < -0.39 is 88.4 Å². The van der Waals surface area contributed by atoms with Gasteiger partial charge in [0.15, 0.2) is 10.8 Å². The maximum absolute atomic E-state index is 12.5. The van der Waals surface area contributed by atoms with Crippen molar-refractivity contribution in [3.05, 3.63) is 35.6 Å². The van der Waals surface area contributed by atoms with Crippen LogP contribution < -0.4 is 0 Å². The zero-order valence-corrected chi connectivity index (χ0v) is 72.3. The van der Waals surface area contributed by atoms with Gasteiger partial charge in [-0.25, -0.2) is 14.4 Å². The maximum atomic E-state index is 12.5. The number of hydrogen-bond donors (Lipinski definition) is 5. The van der Waals surface area contributed by atoms with Crippen molar-refractivity contribution in [1.82, 2.24) is 0 Å². The van der Waals surface area contributed by atoms with Gasteiger partial charge in [-0.15, -0.1) is 0 Å². The Bertz CT molecular complexity index is 3130. The van der Waals surface area contributed by atoms with E-state index in [1.54, 1.807) is 90.0 Å². The molecule has 0 radical (unpaired) electrons. The summed E-state index contributed by atoms with van der Waals surface area (Å²) < 4.78 is 62.5. The standard InChI is InChI=1S/C17H28O8.C15H22O7.2C11H18O4.C11H16O4.C7H12O4.C7H10O3.C5H8O2/c1-5-22-13(18)9-11-17(15(20)24-7-3,16(21)25-8-4)12-10-14(19)23-6-2;1-4-20-12(17)10-9-15(8-7-11(10)16,13(18)21-5-2)14(19)22-6-3;3*1-2-15-10(12)7-8-3-5-9(6-4-8)11(13)14;1-3-10-6(8)5-7(9)11-4-2;8-6-3-1-5(2-4-6)7(9)10;1-3-5(6)7-4-2/h5-12H2,1-4H3;16H,4-9H2,1-3H3;2*8-9H,2-7H2,1H3,(H,13,14);7,9H,2-6H2,1H3,(H,13,14);3-5H2,1-2H3;5H,1-4H2,(H,9,10);3H,1,4H2,2H3. The first-order valence-electron chi connectivity index (χ1n) is 41.2. The van der Waals surface area contributed by atoms with Crippen LogP contribution in [0.3, 0.4) is 0 Å². The Balaban J connectivity index is -0.00000134. The Morgan fingerprint density at radius 2 is 0.683 bits per heavy atom. The van der Waals surface area contributed by atoms with Gasteiger partial charge in [-0.1, -0.05) is 12.2 Å². The zero-order valence-electron chi connectivity index (χ0n) is 72.3. The van der Waals surface area contributed by atoms with E-state index in [2.05, 4.69) is 20.8 Å². The summed E-state index contributed by atoms with van der Waals surface area (Å²) in [4.78, 5) is 203. The number of aliphatic hydroxyl groups excluding tert-OH is 1. The van der Waals surface area contributed by atoms with Crippen molar-refractivity contribution in [2.45, 2.75) is 257 Å². The van der Waals surface area contributed by atoms with Crippen LogP contribution in [0.25, 0.3) is 0 Å². The van der Waals surface area contributed by atoms with E-state index in [0.29, 0.717) is 128 Å². The van der Waals surface area contributed by atoms with Crippen LogP contribution in [-0.2, 0) is 148 Å². The van der Waals surface area contributed by atoms with Gasteiger partial charge in [0.1, 0.15) is 18.0 Å². The number of hydrogen-bond acceptors (Lipinski definition) is 32. The normalized spacial score (nSPS) is 17.4. The highest BCUT2D eigenvalue weighted by Crippen LogP contribution is 2.42. The van der Waals surface area contributed by atoms with E-state index in [-0.39, 0.29) is 175 Å². The number of rotatable bonds is 36. The summed E-state index contributed by atoms with van der Waals surface area (Å²) in [6.07, 6.45) is 13.0. The number of esters is 13. The molecule has 0 spiro atoms.